The minimum atomic E-state index is -0.669. The molecule has 2 atom stereocenters. The summed E-state index contributed by atoms with van der Waals surface area (Å²) < 4.78 is 5.50. The molecule has 6 heteroatoms. The minimum absolute atomic E-state index is 0.00393. The first-order valence-electron chi connectivity index (χ1n) is 33.9. The summed E-state index contributed by atoms with van der Waals surface area (Å²) in [4.78, 5) is 24.6. The summed E-state index contributed by atoms with van der Waals surface area (Å²) in [6, 6.07) is -0.546. The molecule has 0 aliphatic carbocycles. The highest BCUT2D eigenvalue weighted by molar-refractivity contribution is 5.76. The summed E-state index contributed by atoms with van der Waals surface area (Å²) in [6.45, 7) is 4.98. The zero-order valence-electron chi connectivity index (χ0n) is 50.4. The quantitative estimate of drug-likeness (QED) is 0.0320. The van der Waals surface area contributed by atoms with Gasteiger partial charge in [0.25, 0.3) is 0 Å². The summed E-state index contributed by atoms with van der Waals surface area (Å²) >= 11 is 0. The molecule has 0 aromatic rings. The second-order valence-corrected chi connectivity index (χ2v) is 23.5. The van der Waals surface area contributed by atoms with Gasteiger partial charge in [-0.15, -0.1) is 0 Å². The molecule has 0 aliphatic heterocycles. The Labute approximate surface area is 463 Å². The molecule has 6 nitrogen and oxygen atoms in total. The molecular formula is C68H133NO5. The van der Waals surface area contributed by atoms with Gasteiger partial charge < -0.3 is 20.3 Å². The first kappa shape index (κ1) is 72.6. The first-order chi connectivity index (χ1) is 36.5. The number of ether oxygens (including phenoxy) is 1. The summed E-state index contributed by atoms with van der Waals surface area (Å²) in [5.41, 5.74) is 0. The third kappa shape index (κ3) is 59.8. The van der Waals surface area contributed by atoms with Crippen molar-refractivity contribution in [3.8, 4) is 0 Å². The van der Waals surface area contributed by atoms with Gasteiger partial charge in [0.1, 0.15) is 0 Å². The lowest BCUT2D eigenvalue weighted by Crippen LogP contribution is -2.45. The number of amides is 1. The van der Waals surface area contributed by atoms with Gasteiger partial charge in [0.2, 0.25) is 5.91 Å². The third-order valence-corrected chi connectivity index (χ3v) is 16.1. The van der Waals surface area contributed by atoms with Crippen molar-refractivity contribution < 1.29 is 24.5 Å². The van der Waals surface area contributed by atoms with Gasteiger partial charge in [-0.2, -0.15) is 0 Å². The van der Waals surface area contributed by atoms with Crippen LogP contribution in [0.15, 0.2) is 12.2 Å². The summed E-state index contributed by atoms with van der Waals surface area (Å²) in [5.74, 6) is -0.0317. The van der Waals surface area contributed by atoms with Crippen LogP contribution in [-0.2, 0) is 14.3 Å². The highest BCUT2D eigenvalue weighted by atomic mass is 16.5. The van der Waals surface area contributed by atoms with E-state index in [9.17, 15) is 19.8 Å². The van der Waals surface area contributed by atoms with Gasteiger partial charge >= 0.3 is 5.97 Å². The molecule has 0 aliphatic rings. The average Bonchev–Trinajstić information content (AvgIpc) is 3.40. The molecule has 0 saturated carbocycles. The van der Waals surface area contributed by atoms with Crippen LogP contribution in [0.5, 0.6) is 0 Å². The largest absolute Gasteiger partial charge is 0.466 e. The number of hydrogen-bond donors (Lipinski definition) is 3. The Morgan fingerprint density at radius 2 is 0.635 bits per heavy atom. The fraction of sp³-hybridized carbons (Fsp3) is 0.941. The van der Waals surface area contributed by atoms with Crippen LogP contribution >= 0.6 is 0 Å². The summed E-state index contributed by atoms with van der Waals surface area (Å²) in [7, 11) is 0. The van der Waals surface area contributed by atoms with Crippen molar-refractivity contribution in [1.29, 1.82) is 0 Å². The van der Waals surface area contributed by atoms with Crippen molar-refractivity contribution in [2.45, 2.75) is 398 Å². The van der Waals surface area contributed by atoms with E-state index >= 15 is 0 Å². The smallest absolute Gasteiger partial charge is 0.305 e. The number of hydrogen-bond acceptors (Lipinski definition) is 5. The fourth-order valence-electron chi connectivity index (χ4n) is 10.9. The second kappa shape index (κ2) is 64.1. The van der Waals surface area contributed by atoms with E-state index in [1.54, 1.807) is 0 Å². The zero-order valence-corrected chi connectivity index (χ0v) is 50.4. The number of unbranched alkanes of at least 4 members (excludes halogenated alkanes) is 51. The molecule has 0 aromatic carbocycles. The Hall–Kier alpha value is -1.40. The minimum Gasteiger partial charge on any atom is -0.466 e. The van der Waals surface area contributed by atoms with Crippen LogP contribution < -0.4 is 5.32 Å². The van der Waals surface area contributed by atoms with Crippen molar-refractivity contribution in [3.63, 3.8) is 0 Å². The van der Waals surface area contributed by atoms with Crippen molar-refractivity contribution >= 4 is 11.9 Å². The standard InChI is InChI=1S/C68H133NO5/c1-3-5-7-9-11-13-15-17-19-21-23-24-25-26-28-32-36-40-44-48-52-56-60-66(71)65(64-70)69-67(72)61-57-53-49-45-41-37-33-29-27-31-35-39-43-47-51-55-59-63-74-68(73)62-58-54-50-46-42-38-34-30-22-20-18-16-14-12-10-8-6-4-2/h20,22,65-66,70-71H,3-19,21,23-64H2,1-2H3,(H,69,72)/b22-20-. The van der Waals surface area contributed by atoms with E-state index < -0.39 is 12.1 Å². The lowest BCUT2D eigenvalue weighted by molar-refractivity contribution is -0.143. The molecular weight excluding hydrogens is 911 g/mol. The molecule has 0 spiro atoms. The van der Waals surface area contributed by atoms with Crippen LogP contribution in [0.2, 0.25) is 0 Å². The number of aliphatic hydroxyl groups is 2. The number of esters is 1. The van der Waals surface area contributed by atoms with Crippen molar-refractivity contribution in [3.05, 3.63) is 12.2 Å². The number of carbonyl (C=O) groups excluding carboxylic acids is 2. The number of aliphatic hydroxyl groups excluding tert-OH is 2. The average molecular weight is 1040 g/mol. The van der Waals surface area contributed by atoms with Gasteiger partial charge in [-0.3, -0.25) is 9.59 Å². The number of nitrogens with one attached hydrogen (secondary N) is 1. The molecule has 74 heavy (non-hydrogen) atoms. The SMILES string of the molecule is CCCCCCCCC/C=C\CCCCCCCCCC(=O)OCCCCCCCCCCCCCCCCCCCC(=O)NC(CO)C(O)CCCCCCCCCCCCCCCCCCCCCCCC. The van der Waals surface area contributed by atoms with Crippen molar-refractivity contribution in [2.24, 2.45) is 0 Å². The van der Waals surface area contributed by atoms with Gasteiger partial charge in [0, 0.05) is 12.8 Å². The van der Waals surface area contributed by atoms with E-state index in [1.807, 2.05) is 0 Å². The van der Waals surface area contributed by atoms with E-state index in [2.05, 4.69) is 31.3 Å². The third-order valence-electron chi connectivity index (χ3n) is 16.1. The van der Waals surface area contributed by atoms with Gasteiger partial charge in [-0.1, -0.05) is 334 Å². The highest BCUT2D eigenvalue weighted by Crippen LogP contribution is 2.19. The van der Waals surface area contributed by atoms with Crippen LogP contribution in [-0.4, -0.2) is 47.4 Å². The Morgan fingerprint density at radius 3 is 0.959 bits per heavy atom. The second-order valence-electron chi connectivity index (χ2n) is 23.5. The highest BCUT2D eigenvalue weighted by Gasteiger charge is 2.20. The molecule has 2 unspecified atom stereocenters. The van der Waals surface area contributed by atoms with E-state index in [4.69, 9.17) is 4.74 Å². The number of allylic oxidation sites excluding steroid dienone is 2. The van der Waals surface area contributed by atoms with Crippen molar-refractivity contribution in [1.82, 2.24) is 5.32 Å². The molecule has 0 rings (SSSR count). The molecule has 0 aromatic heterocycles. The van der Waals surface area contributed by atoms with E-state index in [0.29, 0.717) is 25.9 Å². The lowest BCUT2D eigenvalue weighted by Gasteiger charge is -2.22. The Balaban J connectivity index is 3.40. The Bertz CT molecular complexity index is 1110. The molecule has 0 heterocycles. The first-order valence-corrected chi connectivity index (χ1v) is 33.9. The fourth-order valence-corrected chi connectivity index (χ4v) is 10.9. The van der Waals surface area contributed by atoms with Crippen molar-refractivity contribution in [2.75, 3.05) is 13.2 Å². The maximum atomic E-state index is 12.5. The van der Waals surface area contributed by atoms with Gasteiger partial charge in [0.05, 0.1) is 25.4 Å². The van der Waals surface area contributed by atoms with E-state index in [0.717, 1.165) is 44.9 Å². The van der Waals surface area contributed by atoms with Gasteiger partial charge in [0.15, 0.2) is 0 Å². The normalized spacial score (nSPS) is 12.5. The predicted molar refractivity (Wildman–Crippen MR) is 324 cm³/mol. The molecule has 3 N–H and O–H groups in total. The topological polar surface area (TPSA) is 95.9 Å². The van der Waals surface area contributed by atoms with E-state index in [-0.39, 0.29) is 18.5 Å². The maximum absolute atomic E-state index is 12.5. The van der Waals surface area contributed by atoms with Crippen LogP contribution in [0, 0.1) is 0 Å². The molecule has 0 fully saturated rings. The monoisotopic (exact) mass is 1040 g/mol. The zero-order chi connectivity index (χ0) is 53.6. The molecule has 0 radical (unpaired) electrons. The lowest BCUT2D eigenvalue weighted by atomic mass is 10.0. The Morgan fingerprint density at radius 1 is 0.365 bits per heavy atom. The summed E-state index contributed by atoms with van der Waals surface area (Å²) in [5, 5.41) is 23.4. The molecule has 1 amide bonds. The Kier molecular flexibility index (Phi) is 62.9. The van der Waals surface area contributed by atoms with Gasteiger partial charge in [-0.05, 0) is 51.4 Å². The number of carbonyl (C=O) groups is 2. The molecule has 440 valence electrons. The van der Waals surface area contributed by atoms with Crippen LogP contribution in [0.3, 0.4) is 0 Å². The maximum Gasteiger partial charge on any atom is 0.305 e. The molecule has 0 bridgehead atoms. The summed E-state index contributed by atoms with van der Waals surface area (Å²) in [6.07, 6.45) is 78.0. The van der Waals surface area contributed by atoms with Crippen LogP contribution in [0.1, 0.15) is 386 Å². The van der Waals surface area contributed by atoms with Gasteiger partial charge in [-0.25, -0.2) is 0 Å². The van der Waals surface area contributed by atoms with E-state index in [1.165, 1.54) is 308 Å². The number of rotatable bonds is 64. The van der Waals surface area contributed by atoms with Crippen LogP contribution in [0.25, 0.3) is 0 Å². The predicted octanol–water partition coefficient (Wildman–Crippen LogP) is 21.6. The van der Waals surface area contributed by atoms with Crippen LogP contribution in [0.4, 0.5) is 0 Å². The molecule has 0 saturated heterocycles.